The minimum atomic E-state index is -0.352. The zero-order valence-corrected chi connectivity index (χ0v) is 16.7. The molecule has 1 aliphatic heterocycles. The van der Waals surface area contributed by atoms with Crippen molar-refractivity contribution in [1.82, 2.24) is 9.80 Å². The number of rotatable bonds is 5. The molecule has 0 N–H and O–H groups in total. The quantitative estimate of drug-likeness (QED) is 0.748. The van der Waals surface area contributed by atoms with E-state index in [0.29, 0.717) is 23.7 Å². The first-order chi connectivity index (χ1) is 13.0. The molecular formula is C20H22Cl2FN3O. The van der Waals surface area contributed by atoms with Crippen molar-refractivity contribution < 1.29 is 9.18 Å². The van der Waals surface area contributed by atoms with Crippen LogP contribution in [-0.2, 0) is 11.3 Å². The first kappa shape index (κ1) is 19.9. The van der Waals surface area contributed by atoms with E-state index < -0.39 is 0 Å². The number of piperazine rings is 1. The predicted octanol–water partition coefficient (Wildman–Crippen LogP) is 3.91. The third kappa shape index (κ3) is 4.92. The summed E-state index contributed by atoms with van der Waals surface area (Å²) in [7, 11) is 1.79. The minimum absolute atomic E-state index is 0.0313. The molecule has 1 heterocycles. The maximum Gasteiger partial charge on any atom is 0.236 e. The lowest BCUT2D eigenvalue weighted by molar-refractivity contribution is -0.132. The molecule has 1 fully saturated rings. The zero-order valence-electron chi connectivity index (χ0n) is 15.2. The van der Waals surface area contributed by atoms with Crippen LogP contribution in [0.15, 0.2) is 42.5 Å². The van der Waals surface area contributed by atoms with Crippen LogP contribution in [0.5, 0.6) is 0 Å². The van der Waals surface area contributed by atoms with Crippen LogP contribution in [0.4, 0.5) is 10.1 Å². The van der Waals surface area contributed by atoms with Crippen molar-refractivity contribution in [2.45, 2.75) is 6.54 Å². The van der Waals surface area contributed by atoms with Gasteiger partial charge in [-0.1, -0.05) is 41.4 Å². The van der Waals surface area contributed by atoms with Gasteiger partial charge in [-0.3, -0.25) is 9.69 Å². The summed E-state index contributed by atoms with van der Waals surface area (Å²) in [5.74, 6) is -0.320. The fraction of sp³-hybridized carbons (Fsp3) is 0.350. The van der Waals surface area contributed by atoms with Crippen molar-refractivity contribution in [3.05, 3.63) is 63.9 Å². The number of likely N-dealkylation sites (N-methyl/N-ethyl adjacent to an activating group) is 1. The van der Waals surface area contributed by atoms with Crippen LogP contribution in [0.1, 0.15) is 5.56 Å². The van der Waals surface area contributed by atoms with E-state index in [1.807, 2.05) is 29.2 Å². The highest BCUT2D eigenvalue weighted by molar-refractivity contribution is 6.33. The van der Waals surface area contributed by atoms with Crippen molar-refractivity contribution >= 4 is 34.8 Å². The van der Waals surface area contributed by atoms with Crippen molar-refractivity contribution in [2.24, 2.45) is 0 Å². The van der Waals surface area contributed by atoms with Gasteiger partial charge < -0.3 is 9.80 Å². The lowest BCUT2D eigenvalue weighted by Gasteiger charge is -2.37. The fourth-order valence-electron chi connectivity index (χ4n) is 3.25. The van der Waals surface area contributed by atoms with Crippen LogP contribution in [-0.4, -0.2) is 55.5 Å². The number of carbonyl (C=O) groups is 1. The van der Waals surface area contributed by atoms with Crippen LogP contribution in [0, 0.1) is 5.82 Å². The molecule has 0 bridgehead atoms. The molecule has 0 radical (unpaired) electrons. The SMILES string of the molecule is CN(CC(=O)N1CCN(c2ccccc2Cl)CC1)Cc1c(F)cccc1Cl. The van der Waals surface area contributed by atoms with Crippen molar-refractivity contribution in [1.29, 1.82) is 0 Å². The minimum Gasteiger partial charge on any atom is -0.367 e. The number of benzene rings is 2. The van der Waals surface area contributed by atoms with E-state index >= 15 is 0 Å². The van der Waals surface area contributed by atoms with E-state index in [-0.39, 0.29) is 24.8 Å². The van der Waals surface area contributed by atoms with Gasteiger partial charge in [-0.15, -0.1) is 0 Å². The summed E-state index contributed by atoms with van der Waals surface area (Å²) in [4.78, 5) is 18.4. The zero-order chi connectivity index (χ0) is 19.4. The number of amides is 1. The topological polar surface area (TPSA) is 26.8 Å². The van der Waals surface area contributed by atoms with E-state index in [4.69, 9.17) is 23.2 Å². The lowest BCUT2D eigenvalue weighted by atomic mass is 10.2. The van der Waals surface area contributed by atoms with Gasteiger partial charge >= 0.3 is 0 Å². The smallest absolute Gasteiger partial charge is 0.236 e. The molecule has 0 aromatic heterocycles. The van der Waals surface area contributed by atoms with Gasteiger partial charge in [-0.25, -0.2) is 4.39 Å². The van der Waals surface area contributed by atoms with Gasteiger partial charge in [0.1, 0.15) is 5.82 Å². The Balaban J connectivity index is 1.53. The molecule has 0 unspecified atom stereocenters. The number of halogens is 3. The second kappa shape index (κ2) is 8.91. The van der Waals surface area contributed by atoms with Crippen molar-refractivity contribution in [2.75, 3.05) is 44.7 Å². The Hall–Kier alpha value is -1.82. The van der Waals surface area contributed by atoms with Gasteiger partial charge in [-0.05, 0) is 31.3 Å². The molecule has 1 aliphatic rings. The summed E-state index contributed by atoms with van der Waals surface area (Å²) in [6.07, 6.45) is 0. The first-order valence-corrected chi connectivity index (χ1v) is 9.60. The first-order valence-electron chi connectivity index (χ1n) is 8.84. The molecule has 1 amide bonds. The Morgan fingerprint density at radius 1 is 1.04 bits per heavy atom. The van der Waals surface area contributed by atoms with Gasteiger partial charge in [0.2, 0.25) is 5.91 Å². The summed E-state index contributed by atoms with van der Waals surface area (Å²) in [6, 6.07) is 12.3. The van der Waals surface area contributed by atoms with Crippen LogP contribution in [0.2, 0.25) is 10.0 Å². The molecule has 3 rings (SSSR count). The molecule has 7 heteroatoms. The average molecular weight is 410 g/mol. The number of para-hydroxylation sites is 1. The summed E-state index contributed by atoms with van der Waals surface area (Å²) >= 11 is 12.3. The van der Waals surface area contributed by atoms with E-state index in [0.717, 1.165) is 23.8 Å². The Morgan fingerprint density at radius 3 is 2.37 bits per heavy atom. The van der Waals surface area contributed by atoms with Crippen molar-refractivity contribution in [3.8, 4) is 0 Å². The Bertz CT molecular complexity index is 789. The number of hydrogen-bond acceptors (Lipinski definition) is 3. The molecule has 0 spiro atoms. The maximum absolute atomic E-state index is 13.9. The number of carbonyl (C=O) groups excluding carboxylic acids is 1. The molecule has 27 heavy (non-hydrogen) atoms. The van der Waals surface area contributed by atoms with Gasteiger partial charge in [-0.2, -0.15) is 0 Å². The summed E-state index contributed by atoms with van der Waals surface area (Å²) in [5, 5.41) is 1.10. The van der Waals surface area contributed by atoms with Crippen LogP contribution in [0.3, 0.4) is 0 Å². The van der Waals surface area contributed by atoms with E-state index in [2.05, 4.69) is 4.90 Å². The molecule has 2 aromatic carbocycles. The third-order valence-corrected chi connectivity index (χ3v) is 5.39. The summed E-state index contributed by atoms with van der Waals surface area (Å²) in [6.45, 7) is 3.25. The largest absolute Gasteiger partial charge is 0.367 e. The molecular weight excluding hydrogens is 388 g/mol. The second-order valence-corrected chi connectivity index (χ2v) is 7.51. The second-order valence-electron chi connectivity index (χ2n) is 6.69. The summed E-state index contributed by atoms with van der Waals surface area (Å²) < 4.78 is 13.9. The average Bonchev–Trinajstić information content (AvgIpc) is 2.65. The molecule has 0 atom stereocenters. The van der Waals surface area contributed by atoms with Gasteiger partial charge in [0, 0.05) is 43.3 Å². The highest BCUT2D eigenvalue weighted by atomic mass is 35.5. The Morgan fingerprint density at radius 2 is 1.70 bits per heavy atom. The molecule has 0 aliphatic carbocycles. The highest BCUT2D eigenvalue weighted by Gasteiger charge is 2.23. The van der Waals surface area contributed by atoms with Crippen molar-refractivity contribution in [3.63, 3.8) is 0 Å². The number of hydrogen-bond donors (Lipinski definition) is 0. The molecule has 0 saturated carbocycles. The highest BCUT2D eigenvalue weighted by Crippen LogP contribution is 2.26. The predicted molar refractivity (Wildman–Crippen MR) is 108 cm³/mol. The van der Waals surface area contributed by atoms with Crippen LogP contribution < -0.4 is 4.90 Å². The standard InChI is InChI=1S/C20H22Cl2FN3O/c1-24(13-15-16(21)6-4-7-18(15)23)14-20(27)26-11-9-25(10-12-26)19-8-3-2-5-17(19)22/h2-8H,9-14H2,1H3. The molecule has 4 nitrogen and oxygen atoms in total. The Kier molecular flexibility index (Phi) is 6.58. The summed E-state index contributed by atoms with van der Waals surface area (Å²) in [5.41, 5.74) is 1.41. The lowest BCUT2D eigenvalue weighted by Crippen LogP contribution is -2.51. The monoisotopic (exact) mass is 409 g/mol. The van der Waals surface area contributed by atoms with E-state index in [1.165, 1.54) is 6.07 Å². The normalized spacial score (nSPS) is 14.7. The Labute approximate surface area is 169 Å². The van der Waals surface area contributed by atoms with E-state index in [1.54, 1.807) is 24.1 Å². The molecule has 1 saturated heterocycles. The number of nitrogens with zero attached hydrogens (tertiary/aromatic N) is 3. The van der Waals surface area contributed by atoms with Gasteiger partial charge in [0.15, 0.2) is 0 Å². The number of anilines is 1. The van der Waals surface area contributed by atoms with E-state index in [9.17, 15) is 9.18 Å². The van der Waals surface area contributed by atoms with Gasteiger partial charge in [0.25, 0.3) is 0 Å². The van der Waals surface area contributed by atoms with Gasteiger partial charge in [0.05, 0.1) is 17.3 Å². The van der Waals surface area contributed by atoms with Crippen LogP contribution in [0.25, 0.3) is 0 Å². The molecule has 144 valence electrons. The van der Waals surface area contributed by atoms with Crippen LogP contribution >= 0.6 is 23.2 Å². The molecule has 2 aromatic rings. The maximum atomic E-state index is 13.9. The fourth-order valence-corrected chi connectivity index (χ4v) is 3.72. The third-order valence-electron chi connectivity index (χ3n) is 4.72.